The first-order valence-corrected chi connectivity index (χ1v) is 8.64. The van der Waals surface area contributed by atoms with Gasteiger partial charge in [-0.3, -0.25) is 0 Å². The Morgan fingerprint density at radius 2 is 1.37 bits per heavy atom. The highest BCUT2D eigenvalue weighted by Gasteiger charge is 2.50. The Hall–Kier alpha value is -0.0800. The summed E-state index contributed by atoms with van der Waals surface area (Å²) in [4.78, 5) is 0. The van der Waals surface area contributed by atoms with Gasteiger partial charge in [0.2, 0.25) is 0 Å². The third kappa shape index (κ3) is 2.47. The van der Waals surface area contributed by atoms with Crippen LogP contribution in [0.25, 0.3) is 0 Å². The van der Waals surface area contributed by atoms with Crippen LogP contribution >= 0.6 is 0 Å². The Morgan fingerprint density at radius 3 is 1.89 bits per heavy atom. The van der Waals surface area contributed by atoms with Crippen molar-refractivity contribution in [2.24, 2.45) is 23.7 Å². The van der Waals surface area contributed by atoms with Gasteiger partial charge in [-0.15, -0.1) is 0 Å². The molecule has 0 unspecified atom stereocenters. The van der Waals surface area contributed by atoms with Gasteiger partial charge >= 0.3 is 0 Å². The zero-order valence-corrected chi connectivity index (χ0v) is 12.1. The van der Waals surface area contributed by atoms with E-state index in [1.807, 2.05) is 0 Å². The highest BCUT2D eigenvalue weighted by molar-refractivity contribution is 5.06. The number of aliphatic hydroxyl groups excluding tert-OH is 1. The molecule has 2 heteroatoms. The Kier molecular flexibility index (Phi) is 3.15. The number of aliphatic hydroxyl groups is 1. The number of nitrogens with one attached hydrogen (secondary N) is 1. The van der Waals surface area contributed by atoms with E-state index in [4.69, 9.17) is 0 Å². The molecule has 0 spiro atoms. The molecule has 0 saturated heterocycles. The molecule has 0 aromatic heterocycles. The van der Waals surface area contributed by atoms with Crippen LogP contribution in [0.5, 0.6) is 0 Å². The second-order valence-corrected chi connectivity index (χ2v) is 8.25. The van der Waals surface area contributed by atoms with Crippen molar-refractivity contribution in [2.75, 3.05) is 6.54 Å². The molecule has 0 radical (unpaired) electrons. The highest BCUT2D eigenvalue weighted by atomic mass is 16.3. The van der Waals surface area contributed by atoms with Gasteiger partial charge in [0.1, 0.15) is 0 Å². The first-order chi connectivity index (χ1) is 9.21. The van der Waals surface area contributed by atoms with Gasteiger partial charge in [0, 0.05) is 5.54 Å². The molecule has 0 aromatic carbocycles. The quantitative estimate of drug-likeness (QED) is 0.820. The van der Waals surface area contributed by atoms with Crippen molar-refractivity contribution < 1.29 is 5.11 Å². The van der Waals surface area contributed by atoms with Crippen molar-refractivity contribution in [1.82, 2.24) is 5.32 Å². The summed E-state index contributed by atoms with van der Waals surface area (Å²) in [7, 11) is 0. The summed E-state index contributed by atoms with van der Waals surface area (Å²) in [6, 6.07) is 0. The molecule has 4 bridgehead atoms. The predicted octanol–water partition coefficient (Wildman–Crippen LogP) is 3.10. The van der Waals surface area contributed by atoms with Gasteiger partial charge in [-0.05, 0) is 94.4 Å². The normalized spacial score (nSPS) is 52.6. The van der Waals surface area contributed by atoms with E-state index in [9.17, 15) is 5.11 Å². The third-order valence-electron chi connectivity index (χ3n) is 6.62. The van der Waals surface area contributed by atoms with E-state index >= 15 is 0 Å². The van der Waals surface area contributed by atoms with Crippen LogP contribution in [-0.2, 0) is 0 Å². The summed E-state index contributed by atoms with van der Waals surface area (Å²) in [5.74, 6) is 3.97. The van der Waals surface area contributed by atoms with Crippen molar-refractivity contribution in [3.05, 3.63) is 0 Å². The van der Waals surface area contributed by atoms with Gasteiger partial charge in [-0.2, -0.15) is 0 Å². The second-order valence-electron chi connectivity index (χ2n) is 8.25. The van der Waals surface area contributed by atoms with Crippen molar-refractivity contribution >= 4 is 0 Å². The molecule has 2 nitrogen and oxygen atoms in total. The summed E-state index contributed by atoms with van der Waals surface area (Å²) >= 11 is 0. The largest absolute Gasteiger partial charge is 0.393 e. The van der Waals surface area contributed by atoms with Gasteiger partial charge in [0.05, 0.1) is 6.10 Å². The Morgan fingerprint density at radius 1 is 0.842 bits per heavy atom. The van der Waals surface area contributed by atoms with E-state index in [0.717, 1.165) is 36.5 Å². The highest BCUT2D eigenvalue weighted by Crippen LogP contribution is 2.55. The summed E-state index contributed by atoms with van der Waals surface area (Å²) in [6.45, 7) is 1.22. The van der Waals surface area contributed by atoms with Crippen LogP contribution in [0, 0.1) is 23.7 Å². The van der Waals surface area contributed by atoms with Crippen LogP contribution in [-0.4, -0.2) is 23.3 Å². The van der Waals surface area contributed by atoms with E-state index in [-0.39, 0.29) is 6.10 Å². The number of rotatable bonds is 3. The van der Waals surface area contributed by atoms with Crippen LogP contribution in [0.4, 0.5) is 0 Å². The van der Waals surface area contributed by atoms with Crippen molar-refractivity contribution in [3.63, 3.8) is 0 Å². The minimum absolute atomic E-state index is 0.00389. The lowest BCUT2D eigenvalue weighted by molar-refractivity contribution is -0.0227. The predicted molar refractivity (Wildman–Crippen MR) is 76.9 cm³/mol. The minimum Gasteiger partial charge on any atom is -0.393 e. The molecule has 0 atom stereocenters. The number of hydrogen-bond donors (Lipinski definition) is 2. The Bertz CT molecular complexity index is 297. The molecule has 5 aliphatic rings. The molecule has 5 rings (SSSR count). The molecule has 0 amide bonds. The molecule has 108 valence electrons. The maximum absolute atomic E-state index is 9.60. The van der Waals surface area contributed by atoms with Gasteiger partial charge in [-0.25, -0.2) is 0 Å². The third-order valence-corrected chi connectivity index (χ3v) is 6.62. The van der Waals surface area contributed by atoms with Crippen LogP contribution in [0.2, 0.25) is 0 Å². The molecule has 5 saturated carbocycles. The Labute approximate surface area is 117 Å². The lowest BCUT2D eigenvalue weighted by Crippen LogP contribution is -2.59. The van der Waals surface area contributed by atoms with E-state index < -0.39 is 0 Å². The van der Waals surface area contributed by atoms with Crippen LogP contribution in [0.1, 0.15) is 64.2 Å². The molecule has 5 aliphatic carbocycles. The van der Waals surface area contributed by atoms with Crippen molar-refractivity contribution in [3.8, 4) is 0 Å². The average molecular weight is 263 g/mol. The molecular formula is C17H29NO. The lowest BCUT2D eigenvalue weighted by Gasteiger charge is -2.57. The average Bonchev–Trinajstić information content (AvgIpc) is 2.36. The van der Waals surface area contributed by atoms with Crippen LogP contribution < -0.4 is 5.32 Å². The maximum atomic E-state index is 9.60. The van der Waals surface area contributed by atoms with Gasteiger partial charge in [0.15, 0.2) is 0 Å². The van der Waals surface area contributed by atoms with Gasteiger partial charge in [0.25, 0.3) is 0 Å². The van der Waals surface area contributed by atoms with Crippen LogP contribution in [0.15, 0.2) is 0 Å². The monoisotopic (exact) mass is 263 g/mol. The molecule has 0 heterocycles. The first kappa shape index (κ1) is 12.6. The summed E-state index contributed by atoms with van der Waals surface area (Å²) in [5.41, 5.74) is 0.533. The van der Waals surface area contributed by atoms with Gasteiger partial charge < -0.3 is 10.4 Å². The van der Waals surface area contributed by atoms with Crippen molar-refractivity contribution in [2.45, 2.75) is 75.9 Å². The van der Waals surface area contributed by atoms with E-state index in [1.165, 1.54) is 57.9 Å². The maximum Gasteiger partial charge on any atom is 0.0540 e. The molecule has 0 aliphatic heterocycles. The molecule has 19 heavy (non-hydrogen) atoms. The first-order valence-electron chi connectivity index (χ1n) is 8.64. The van der Waals surface area contributed by atoms with E-state index in [2.05, 4.69) is 5.32 Å². The molecule has 5 fully saturated rings. The fraction of sp³-hybridized carbons (Fsp3) is 1.00. The number of hydrogen-bond acceptors (Lipinski definition) is 2. The fourth-order valence-electron chi connectivity index (χ4n) is 6.04. The zero-order valence-electron chi connectivity index (χ0n) is 12.1. The fourth-order valence-corrected chi connectivity index (χ4v) is 6.04. The van der Waals surface area contributed by atoms with E-state index in [0.29, 0.717) is 5.54 Å². The standard InChI is InChI=1S/C17H29NO/c19-16-3-1-12(2-4-16)11-18-17-8-13-5-14(9-17)7-15(6-13)10-17/h12-16,18-19H,1-11H2. The smallest absolute Gasteiger partial charge is 0.0540 e. The summed E-state index contributed by atoms with van der Waals surface area (Å²) in [6.07, 6.45) is 13.6. The lowest BCUT2D eigenvalue weighted by atomic mass is 9.53. The molecular weight excluding hydrogens is 234 g/mol. The topological polar surface area (TPSA) is 32.3 Å². The SMILES string of the molecule is OC1CCC(CNC23CC4CC(CC(C4)C2)C3)CC1. The van der Waals surface area contributed by atoms with Gasteiger partial charge in [-0.1, -0.05) is 0 Å². The Balaban J connectivity index is 1.35. The van der Waals surface area contributed by atoms with E-state index in [1.54, 1.807) is 0 Å². The second kappa shape index (κ2) is 4.73. The molecule has 2 N–H and O–H groups in total. The molecule has 0 aromatic rings. The van der Waals surface area contributed by atoms with Crippen LogP contribution in [0.3, 0.4) is 0 Å². The van der Waals surface area contributed by atoms with Crippen molar-refractivity contribution in [1.29, 1.82) is 0 Å². The zero-order chi connectivity index (χ0) is 12.9. The summed E-state index contributed by atoms with van der Waals surface area (Å²) in [5, 5.41) is 13.6. The minimum atomic E-state index is -0.00389. The summed E-state index contributed by atoms with van der Waals surface area (Å²) < 4.78 is 0.